The van der Waals surface area contributed by atoms with E-state index in [1.54, 1.807) is 13.8 Å². The van der Waals surface area contributed by atoms with Crippen molar-refractivity contribution in [2.45, 2.75) is 19.4 Å². The molecule has 0 heterocycles. The first-order valence-electron chi connectivity index (χ1n) is 4.37. The zero-order valence-electron chi connectivity index (χ0n) is 8.67. The molecule has 0 aliphatic carbocycles. The molecule has 0 bridgehead atoms. The van der Waals surface area contributed by atoms with Crippen molar-refractivity contribution in [2.75, 3.05) is 0 Å². The minimum Gasteiger partial charge on any atom is -0.316 e. The van der Waals surface area contributed by atoms with Gasteiger partial charge in [-0.3, -0.25) is 0 Å². The number of hydrogen-bond donors (Lipinski definition) is 1. The molecule has 1 nitrogen and oxygen atoms in total. The summed E-state index contributed by atoms with van der Waals surface area (Å²) in [6, 6.07) is 1.50. The Labute approximate surface area is 115 Å². The lowest BCUT2D eigenvalue weighted by atomic mass is 10.1. The molecule has 2 N–H and O–H groups in total. The van der Waals surface area contributed by atoms with Crippen LogP contribution in [-0.4, -0.2) is 5.54 Å². The van der Waals surface area contributed by atoms with E-state index in [9.17, 15) is 0 Å². The van der Waals surface area contributed by atoms with Gasteiger partial charge in [0.05, 0.1) is 31.2 Å². The maximum absolute atomic E-state index is 5.99. The van der Waals surface area contributed by atoms with Crippen LogP contribution < -0.4 is 5.73 Å². The van der Waals surface area contributed by atoms with E-state index in [4.69, 9.17) is 52.1 Å². The molecule has 0 radical (unpaired) electrons. The van der Waals surface area contributed by atoms with Gasteiger partial charge in [-0.15, -0.1) is 0 Å². The average Bonchev–Trinajstić information content (AvgIpc) is 2.12. The zero-order chi connectivity index (χ0) is 12.5. The molecule has 1 aromatic rings. The Morgan fingerprint density at radius 3 is 2.12 bits per heavy atom. The molecule has 86 valence electrons. The Hall–Kier alpha value is -0.100. The second-order valence-electron chi connectivity index (χ2n) is 3.81. The van der Waals surface area contributed by atoms with Crippen LogP contribution in [0.2, 0.25) is 20.1 Å². The first kappa shape index (κ1) is 14.0. The summed E-state index contributed by atoms with van der Waals surface area (Å²) in [7, 11) is 0. The van der Waals surface area contributed by atoms with Crippen molar-refractivity contribution in [2.24, 2.45) is 5.73 Å². The second kappa shape index (κ2) is 5.04. The van der Waals surface area contributed by atoms with Crippen molar-refractivity contribution in [1.82, 2.24) is 0 Å². The lowest BCUT2D eigenvalue weighted by Crippen LogP contribution is -2.29. The minimum absolute atomic E-state index is 0.242. The summed E-state index contributed by atoms with van der Waals surface area (Å²) in [5.74, 6) is 5.63. The molecule has 0 unspecified atom stereocenters. The van der Waals surface area contributed by atoms with E-state index >= 15 is 0 Å². The van der Waals surface area contributed by atoms with Crippen LogP contribution in [0.25, 0.3) is 0 Å². The molecule has 0 saturated heterocycles. The van der Waals surface area contributed by atoms with Gasteiger partial charge < -0.3 is 5.73 Å². The van der Waals surface area contributed by atoms with E-state index in [1.807, 2.05) is 0 Å². The maximum atomic E-state index is 5.99. The Bertz CT molecular complexity index is 477. The SMILES string of the molecule is CC(C)(N)C#Cc1c(Cl)cc(Cl)c(Cl)c1Cl. The van der Waals surface area contributed by atoms with Gasteiger partial charge in [-0.25, -0.2) is 0 Å². The fourth-order valence-corrected chi connectivity index (χ4v) is 1.91. The van der Waals surface area contributed by atoms with Gasteiger partial charge >= 0.3 is 0 Å². The van der Waals surface area contributed by atoms with Crippen LogP contribution in [0.5, 0.6) is 0 Å². The van der Waals surface area contributed by atoms with Crippen LogP contribution in [0.1, 0.15) is 19.4 Å². The molecule has 1 rings (SSSR count). The molecule has 0 spiro atoms. The van der Waals surface area contributed by atoms with Crippen molar-refractivity contribution in [1.29, 1.82) is 0 Å². The summed E-state index contributed by atoms with van der Waals surface area (Å²) < 4.78 is 0. The van der Waals surface area contributed by atoms with Crippen molar-refractivity contribution >= 4 is 46.4 Å². The highest BCUT2D eigenvalue weighted by atomic mass is 35.5. The van der Waals surface area contributed by atoms with E-state index in [0.717, 1.165) is 0 Å². The van der Waals surface area contributed by atoms with Gasteiger partial charge in [-0.1, -0.05) is 58.2 Å². The van der Waals surface area contributed by atoms with Gasteiger partial charge in [0.15, 0.2) is 0 Å². The molecule has 0 saturated carbocycles. The Morgan fingerprint density at radius 1 is 1.06 bits per heavy atom. The van der Waals surface area contributed by atoms with Crippen molar-refractivity contribution in [3.63, 3.8) is 0 Å². The van der Waals surface area contributed by atoms with Crippen molar-refractivity contribution < 1.29 is 0 Å². The summed E-state index contributed by atoms with van der Waals surface area (Å²) in [5, 5.41) is 1.15. The highest BCUT2D eigenvalue weighted by Crippen LogP contribution is 2.36. The minimum atomic E-state index is -0.626. The highest BCUT2D eigenvalue weighted by molar-refractivity contribution is 6.49. The monoisotopic (exact) mass is 295 g/mol. The predicted octanol–water partition coefficient (Wildman–Crippen LogP) is 4.39. The van der Waals surface area contributed by atoms with Crippen LogP contribution in [-0.2, 0) is 0 Å². The normalized spacial score (nSPS) is 10.9. The molecule has 16 heavy (non-hydrogen) atoms. The molecule has 0 aromatic heterocycles. The standard InChI is InChI=1S/C11H9Cl4N/c1-11(2,16)4-3-6-7(12)5-8(13)10(15)9(6)14/h5H,16H2,1-2H3. The van der Waals surface area contributed by atoms with Crippen LogP contribution in [0.3, 0.4) is 0 Å². The largest absolute Gasteiger partial charge is 0.316 e. The van der Waals surface area contributed by atoms with E-state index in [2.05, 4.69) is 11.8 Å². The van der Waals surface area contributed by atoms with Crippen LogP contribution in [0.4, 0.5) is 0 Å². The summed E-state index contributed by atoms with van der Waals surface area (Å²) in [5.41, 5.74) is 5.55. The Kier molecular flexibility index (Phi) is 4.40. The van der Waals surface area contributed by atoms with Crippen LogP contribution >= 0.6 is 46.4 Å². The Balaban J connectivity index is 3.34. The lowest BCUT2D eigenvalue weighted by Gasteiger charge is -2.09. The van der Waals surface area contributed by atoms with E-state index in [1.165, 1.54) is 6.07 Å². The van der Waals surface area contributed by atoms with E-state index in [-0.39, 0.29) is 10.0 Å². The third kappa shape index (κ3) is 3.45. The fourth-order valence-electron chi connectivity index (χ4n) is 0.904. The van der Waals surface area contributed by atoms with Gasteiger partial charge in [-0.2, -0.15) is 0 Å². The van der Waals surface area contributed by atoms with Crippen molar-refractivity contribution in [3.8, 4) is 11.8 Å². The smallest absolute Gasteiger partial charge is 0.0792 e. The summed E-state index contributed by atoms with van der Waals surface area (Å²) in [6.45, 7) is 3.55. The maximum Gasteiger partial charge on any atom is 0.0792 e. The molecular weight excluding hydrogens is 288 g/mol. The third-order valence-corrected chi connectivity index (χ3v) is 3.18. The molecule has 0 fully saturated rings. The number of rotatable bonds is 0. The number of hydrogen-bond acceptors (Lipinski definition) is 1. The molecular formula is C11H9Cl4N. The Morgan fingerprint density at radius 2 is 1.62 bits per heavy atom. The molecule has 5 heteroatoms. The summed E-state index contributed by atoms with van der Waals surface area (Å²) in [6.07, 6.45) is 0. The van der Waals surface area contributed by atoms with Gasteiger partial charge in [0.2, 0.25) is 0 Å². The molecule has 0 aliphatic heterocycles. The first-order chi connectivity index (χ1) is 7.22. The van der Waals surface area contributed by atoms with Gasteiger partial charge in [0, 0.05) is 0 Å². The molecule has 0 aliphatic rings. The second-order valence-corrected chi connectivity index (χ2v) is 5.39. The van der Waals surface area contributed by atoms with Gasteiger partial charge in [0.25, 0.3) is 0 Å². The fraction of sp³-hybridized carbons (Fsp3) is 0.273. The topological polar surface area (TPSA) is 26.0 Å². The highest BCUT2D eigenvalue weighted by Gasteiger charge is 2.13. The molecule has 0 atom stereocenters. The van der Waals surface area contributed by atoms with Gasteiger partial charge in [0.1, 0.15) is 0 Å². The zero-order valence-corrected chi connectivity index (χ0v) is 11.7. The number of benzene rings is 1. The molecule has 0 amide bonds. The van der Waals surface area contributed by atoms with Crippen molar-refractivity contribution in [3.05, 3.63) is 31.7 Å². The number of halogens is 4. The first-order valence-corrected chi connectivity index (χ1v) is 5.88. The summed E-state index contributed by atoms with van der Waals surface area (Å²) >= 11 is 23.6. The predicted molar refractivity (Wildman–Crippen MR) is 71.6 cm³/mol. The van der Waals surface area contributed by atoms with E-state index in [0.29, 0.717) is 15.6 Å². The average molecular weight is 297 g/mol. The van der Waals surface area contributed by atoms with Crippen LogP contribution in [0.15, 0.2) is 6.07 Å². The third-order valence-electron chi connectivity index (χ3n) is 1.62. The van der Waals surface area contributed by atoms with Crippen LogP contribution in [0, 0.1) is 11.8 Å². The quantitative estimate of drug-likeness (QED) is 0.429. The number of nitrogens with two attached hydrogens (primary N) is 1. The van der Waals surface area contributed by atoms with Gasteiger partial charge in [-0.05, 0) is 19.9 Å². The summed E-state index contributed by atoms with van der Waals surface area (Å²) in [4.78, 5) is 0. The lowest BCUT2D eigenvalue weighted by molar-refractivity contribution is 0.680. The van der Waals surface area contributed by atoms with E-state index < -0.39 is 5.54 Å². The molecule has 1 aromatic carbocycles.